The van der Waals surface area contributed by atoms with Crippen LogP contribution in [-0.4, -0.2) is 37.5 Å². The van der Waals surface area contributed by atoms with Gasteiger partial charge in [-0.05, 0) is 55.7 Å². The fraction of sp³-hybridized carbons (Fsp3) is 0.478. The third-order valence-electron chi connectivity index (χ3n) is 5.09. The van der Waals surface area contributed by atoms with Gasteiger partial charge in [0, 0.05) is 44.5 Å². The molecule has 0 aliphatic heterocycles. The van der Waals surface area contributed by atoms with E-state index in [4.69, 9.17) is 4.42 Å². The van der Waals surface area contributed by atoms with Crippen LogP contribution in [0, 0.1) is 5.92 Å². The molecule has 0 unspecified atom stereocenters. The molecule has 1 heterocycles. The van der Waals surface area contributed by atoms with Crippen molar-refractivity contribution in [2.75, 3.05) is 30.9 Å². The molecule has 0 saturated carbocycles. The second-order valence-corrected chi connectivity index (χ2v) is 7.51. The van der Waals surface area contributed by atoms with Gasteiger partial charge in [0.05, 0.1) is 12.8 Å². The van der Waals surface area contributed by atoms with Crippen LogP contribution in [0.2, 0.25) is 0 Å². The number of furan rings is 1. The van der Waals surface area contributed by atoms with Gasteiger partial charge in [0.2, 0.25) is 5.91 Å². The Morgan fingerprint density at radius 3 is 2.37 bits per heavy atom. The van der Waals surface area contributed by atoms with Crippen molar-refractivity contribution >= 4 is 23.3 Å². The van der Waals surface area contributed by atoms with Crippen molar-refractivity contribution in [2.24, 2.45) is 5.92 Å². The van der Waals surface area contributed by atoms with Crippen LogP contribution < -0.4 is 15.5 Å². The van der Waals surface area contributed by atoms with E-state index in [9.17, 15) is 9.59 Å². The number of hydrogen-bond donors (Lipinski definition) is 2. The van der Waals surface area contributed by atoms with Gasteiger partial charge in [-0.3, -0.25) is 4.79 Å². The molecule has 2 aromatic rings. The van der Waals surface area contributed by atoms with Gasteiger partial charge in [0.25, 0.3) is 0 Å². The summed E-state index contributed by atoms with van der Waals surface area (Å²) < 4.78 is 5.51. The van der Waals surface area contributed by atoms with Crippen LogP contribution in [0.15, 0.2) is 41.0 Å². The van der Waals surface area contributed by atoms with Crippen molar-refractivity contribution in [2.45, 2.75) is 46.7 Å². The molecule has 3 amide bonds. The summed E-state index contributed by atoms with van der Waals surface area (Å²) in [4.78, 5) is 29.1. The van der Waals surface area contributed by atoms with Crippen LogP contribution in [0.5, 0.6) is 0 Å². The first-order valence-corrected chi connectivity index (χ1v) is 10.6. The zero-order chi connectivity index (χ0) is 22.1. The van der Waals surface area contributed by atoms with Crippen LogP contribution in [0.3, 0.4) is 0 Å². The van der Waals surface area contributed by atoms with Crippen LogP contribution in [0.25, 0.3) is 0 Å². The van der Waals surface area contributed by atoms with E-state index >= 15 is 0 Å². The Morgan fingerprint density at radius 2 is 1.80 bits per heavy atom. The van der Waals surface area contributed by atoms with E-state index in [1.54, 1.807) is 6.26 Å². The maximum atomic E-state index is 13.3. The first kappa shape index (κ1) is 23.3. The summed E-state index contributed by atoms with van der Waals surface area (Å²) in [7, 11) is 3.94. The molecule has 1 aromatic carbocycles. The van der Waals surface area contributed by atoms with E-state index in [1.165, 1.54) is 0 Å². The zero-order valence-electron chi connectivity index (χ0n) is 18.7. The molecular formula is C23H34N4O3. The number of nitrogens with one attached hydrogen (secondary N) is 2. The third kappa shape index (κ3) is 6.27. The Hall–Kier alpha value is -2.96. The molecule has 7 heteroatoms. The van der Waals surface area contributed by atoms with Gasteiger partial charge in [-0.2, -0.15) is 0 Å². The zero-order valence-corrected chi connectivity index (χ0v) is 18.7. The van der Waals surface area contributed by atoms with Crippen molar-refractivity contribution in [3.8, 4) is 0 Å². The Morgan fingerprint density at radius 1 is 1.07 bits per heavy atom. The normalized spacial score (nSPS) is 10.7. The molecule has 0 aliphatic rings. The maximum Gasteiger partial charge on any atom is 0.319 e. The number of carbonyl (C=O) groups excluding carboxylic acids is 2. The van der Waals surface area contributed by atoms with Crippen molar-refractivity contribution in [1.29, 1.82) is 0 Å². The highest BCUT2D eigenvalue weighted by atomic mass is 16.3. The predicted octanol–water partition coefficient (Wildman–Crippen LogP) is 4.45. The first-order chi connectivity index (χ1) is 14.4. The highest BCUT2D eigenvalue weighted by Crippen LogP contribution is 2.26. The molecule has 7 nitrogen and oxygen atoms in total. The smallest absolute Gasteiger partial charge is 0.319 e. The number of benzene rings is 1. The lowest BCUT2D eigenvalue weighted by Crippen LogP contribution is -2.35. The summed E-state index contributed by atoms with van der Waals surface area (Å²) in [6.45, 7) is 7.33. The second-order valence-electron chi connectivity index (χ2n) is 7.51. The number of carbonyl (C=O) groups is 2. The molecule has 0 fully saturated rings. The predicted molar refractivity (Wildman–Crippen MR) is 120 cm³/mol. The highest BCUT2D eigenvalue weighted by molar-refractivity contribution is 5.89. The maximum absolute atomic E-state index is 13.3. The van der Waals surface area contributed by atoms with Gasteiger partial charge in [0.15, 0.2) is 0 Å². The molecule has 2 rings (SSSR count). The van der Waals surface area contributed by atoms with Crippen LogP contribution in [0.4, 0.5) is 16.2 Å². The fourth-order valence-corrected chi connectivity index (χ4v) is 3.47. The second kappa shape index (κ2) is 11.3. The van der Waals surface area contributed by atoms with Gasteiger partial charge >= 0.3 is 6.03 Å². The monoisotopic (exact) mass is 414 g/mol. The van der Waals surface area contributed by atoms with Gasteiger partial charge in [-0.1, -0.05) is 13.8 Å². The van der Waals surface area contributed by atoms with E-state index in [1.807, 2.05) is 75.0 Å². The Kier molecular flexibility index (Phi) is 8.77. The van der Waals surface area contributed by atoms with Crippen LogP contribution in [0.1, 0.15) is 44.9 Å². The molecule has 0 atom stereocenters. The molecule has 0 saturated heterocycles. The molecule has 0 spiro atoms. The summed E-state index contributed by atoms with van der Waals surface area (Å²) in [5, 5.41) is 5.58. The van der Waals surface area contributed by atoms with Crippen LogP contribution >= 0.6 is 0 Å². The summed E-state index contributed by atoms with van der Waals surface area (Å²) in [6, 6.07) is 9.23. The van der Waals surface area contributed by atoms with E-state index < -0.39 is 0 Å². The van der Waals surface area contributed by atoms with Crippen molar-refractivity contribution < 1.29 is 14.0 Å². The largest absolute Gasteiger partial charge is 0.467 e. The van der Waals surface area contributed by atoms with E-state index in [-0.39, 0.29) is 17.9 Å². The van der Waals surface area contributed by atoms with Crippen molar-refractivity contribution in [1.82, 2.24) is 10.2 Å². The summed E-state index contributed by atoms with van der Waals surface area (Å²) in [6.07, 6.45) is 3.21. The van der Waals surface area contributed by atoms with Gasteiger partial charge in [0.1, 0.15) is 5.76 Å². The van der Waals surface area contributed by atoms with Crippen molar-refractivity contribution in [3.05, 3.63) is 47.9 Å². The van der Waals surface area contributed by atoms with Crippen LogP contribution in [-0.2, 0) is 17.9 Å². The van der Waals surface area contributed by atoms with E-state index in [0.717, 1.165) is 29.9 Å². The minimum Gasteiger partial charge on any atom is -0.467 e. The van der Waals surface area contributed by atoms with E-state index in [0.29, 0.717) is 25.3 Å². The number of anilines is 2. The van der Waals surface area contributed by atoms with Gasteiger partial charge in [-0.25, -0.2) is 4.79 Å². The first-order valence-electron chi connectivity index (χ1n) is 10.6. The molecular weight excluding hydrogens is 380 g/mol. The average Bonchev–Trinajstić information content (AvgIpc) is 3.21. The minimum atomic E-state index is -0.249. The molecule has 0 aliphatic carbocycles. The lowest BCUT2D eigenvalue weighted by atomic mass is 10.0. The molecule has 1 aromatic heterocycles. The summed E-state index contributed by atoms with van der Waals surface area (Å²) in [5.74, 6) is 0.833. The number of amides is 3. The number of urea groups is 1. The molecule has 0 bridgehead atoms. The lowest BCUT2D eigenvalue weighted by Gasteiger charge is -2.28. The Labute approximate surface area is 179 Å². The summed E-state index contributed by atoms with van der Waals surface area (Å²) >= 11 is 0. The van der Waals surface area contributed by atoms with Crippen molar-refractivity contribution in [3.63, 3.8) is 0 Å². The topological polar surface area (TPSA) is 77.8 Å². The third-order valence-corrected chi connectivity index (χ3v) is 5.09. The van der Waals surface area contributed by atoms with E-state index in [2.05, 4.69) is 10.6 Å². The Balaban J connectivity index is 2.35. The SMILES string of the molecule is CCNC(=O)Nc1ccc(N(C)C)c(CN(Cc2ccco2)C(=O)C(CC)CC)c1. The quantitative estimate of drug-likeness (QED) is 0.602. The minimum absolute atomic E-state index is 0.0283. The molecule has 0 radical (unpaired) electrons. The fourth-order valence-electron chi connectivity index (χ4n) is 3.47. The average molecular weight is 415 g/mol. The Bertz CT molecular complexity index is 814. The number of nitrogens with zero attached hydrogens (tertiary/aromatic N) is 2. The summed E-state index contributed by atoms with van der Waals surface area (Å²) in [5.41, 5.74) is 2.65. The molecule has 30 heavy (non-hydrogen) atoms. The van der Waals surface area contributed by atoms with Gasteiger partial charge < -0.3 is 24.9 Å². The lowest BCUT2D eigenvalue weighted by molar-refractivity contribution is -0.137. The van der Waals surface area contributed by atoms with Gasteiger partial charge in [-0.15, -0.1) is 0 Å². The number of rotatable bonds is 10. The number of hydrogen-bond acceptors (Lipinski definition) is 4. The standard InChI is InChI=1S/C23H34N4O3/c1-6-17(7-2)22(28)27(16-20-10-9-13-30-20)15-18-14-19(25-23(29)24-8-3)11-12-21(18)26(4)5/h9-14,17H,6-8,15-16H2,1-5H3,(H2,24,25,29). The molecule has 164 valence electrons. The highest BCUT2D eigenvalue weighted by Gasteiger charge is 2.24. The molecule has 2 N–H and O–H groups in total.